The predicted molar refractivity (Wildman–Crippen MR) is 101 cm³/mol. The van der Waals surface area contributed by atoms with Gasteiger partial charge in [0.2, 0.25) is 11.8 Å². The van der Waals surface area contributed by atoms with Gasteiger partial charge in [0.15, 0.2) is 0 Å². The molecule has 1 aliphatic carbocycles. The molecule has 1 aromatic carbocycles. The Morgan fingerprint density at radius 1 is 1.12 bits per heavy atom. The predicted octanol–water partition coefficient (Wildman–Crippen LogP) is 4.42. The van der Waals surface area contributed by atoms with Crippen LogP contribution in [0.1, 0.15) is 46.0 Å². The Kier molecular flexibility index (Phi) is 6.60. The van der Waals surface area contributed by atoms with E-state index in [2.05, 4.69) is 32.6 Å². The molecule has 0 aromatic heterocycles. The maximum absolute atomic E-state index is 12.4. The normalized spacial score (nSPS) is 14.7. The second-order valence-corrected chi connectivity index (χ2v) is 7.62. The van der Waals surface area contributed by atoms with Crippen LogP contribution in [0.25, 0.3) is 0 Å². The highest BCUT2D eigenvalue weighted by molar-refractivity contribution is 9.10. The van der Waals surface area contributed by atoms with Crippen LogP contribution in [-0.4, -0.2) is 18.4 Å². The van der Waals surface area contributed by atoms with Crippen LogP contribution >= 0.6 is 15.9 Å². The fourth-order valence-electron chi connectivity index (χ4n) is 2.61. The molecule has 130 valence electrons. The zero-order chi connectivity index (χ0) is 17.6. The number of hydrogen-bond acceptors (Lipinski definition) is 2. The topological polar surface area (TPSA) is 58.2 Å². The van der Waals surface area contributed by atoms with Crippen molar-refractivity contribution >= 4 is 33.4 Å². The largest absolute Gasteiger partial charge is 0.355 e. The van der Waals surface area contributed by atoms with Crippen molar-refractivity contribution < 1.29 is 9.59 Å². The number of carbonyl (C=O) groups excluding carboxylic acids is 2. The third-order valence-electron chi connectivity index (χ3n) is 4.35. The number of amides is 2. The summed E-state index contributed by atoms with van der Waals surface area (Å²) in [6.07, 6.45) is 7.92. The molecule has 5 heteroatoms. The zero-order valence-corrected chi connectivity index (χ0v) is 15.9. The van der Waals surface area contributed by atoms with E-state index in [-0.39, 0.29) is 11.8 Å². The summed E-state index contributed by atoms with van der Waals surface area (Å²) < 4.78 is 0.939. The van der Waals surface area contributed by atoms with Crippen molar-refractivity contribution in [1.82, 2.24) is 5.32 Å². The highest BCUT2D eigenvalue weighted by Crippen LogP contribution is 2.22. The van der Waals surface area contributed by atoms with E-state index in [1.165, 1.54) is 18.4 Å². The first-order valence-electron chi connectivity index (χ1n) is 8.43. The minimum absolute atomic E-state index is 0.242. The molecule has 0 atom stereocenters. The maximum Gasteiger partial charge on any atom is 0.239 e. The van der Waals surface area contributed by atoms with Gasteiger partial charge in [0.05, 0.1) is 0 Å². The Morgan fingerprint density at radius 3 is 2.46 bits per heavy atom. The summed E-state index contributed by atoms with van der Waals surface area (Å²) in [5.41, 5.74) is 0.976. The number of halogens is 1. The van der Waals surface area contributed by atoms with E-state index < -0.39 is 5.41 Å². The molecular weight excluding hydrogens is 368 g/mol. The van der Waals surface area contributed by atoms with Crippen molar-refractivity contribution in [2.45, 2.75) is 46.0 Å². The van der Waals surface area contributed by atoms with Crippen molar-refractivity contribution in [3.05, 3.63) is 40.4 Å². The first kappa shape index (κ1) is 18.7. The Labute approximate surface area is 152 Å². The van der Waals surface area contributed by atoms with Gasteiger partial charge >= 0.3 is 0 Å². The van der Waals surface area contributed by atoms with E-state index in [4.69, 9.17) is 0 Å². The first-order valence-corrected chi connectivity index (χ1v) is 9.22. The lowest BCUT2D eigenvalue weighted by Crippen LogP contribution is -2.45. The molecule has 1 aromatic rings. The number of benzene rings is 1. The van der Waals surface area contributed by atoms with Crippen LogP contribution in [0.2, 0.25) is 0 Å². The molecule has 0 bridgehead atoms. The summed E-state index contributed by atoms with van der Waals surface area (Å²) in [7, 11) is 0. The fraction of sp³-hybridized carbons (Fsp3) is 0.474. The van der Waals surface area contributed by atoms with E-state index in [0.29, 0.717) is 12.2 Å². The Hall–Kier alpha value is -1.62. The fourth-order valence-corrected chi connectivity index (χ4v) is 2.88. The van der Waals surface area contributed by atoms with Gasteiger partial charge in [0.25, 0.3) is 0 Å². The molecule has 0 saturated heterocycles. The summed E-state index contributed by atoms with van der Waals surface area (Å²) in [4.78, 5) is 24.8. The van der Waals surface area contributed by atoms with Gasteiger partial charge in [-0.1, -0.05) is 27.6 Å². The molecule has 0 saturated carbocycles. The summed E-state index contributed by atoms with van der Waals surface area (Å²) in [6, 6.07) is 7.29. The summed E-state index contributed by atoms with van der Waals surface area (Å²) in [5, 5.41) is 5.70. The first-order chi connectivity index (χ1) is 11.4. The molecule has 0 radical (unpaired) electrons. The molecule has 0 unspecified atom stereocenters. The van der Waals surface area contributed by atoms with Gasteiger partial charge in [-0.05, 0) is 70.2 Å². The second kappa shape index (κ2) is 8.47. The SMILES string of the molecule is CC(C)(C(=O)NCCC1=CCCCC1)C(=O)Nc1ccc(Br)cc1. The average Bonchev–Trinajstić information content (AvgIpc) is 2.57. The minimum atomic E-state index is -1.12. The van der Waals surface area contributed by atoms with Crippen molar-refractivity contribution in [2.24, 2.45) is 5.41 Å². The monoisotopic (exact) mass is 392 g/mol. The van der Waals surface area contributed by atoms with Crippen LogP contribution in [0.3, 0.4) is 0 Å². The third-order valence-corrected chi connectivity index (χ3v) is 4.88. The lowest BCUT2D eigenvalue weighted by molar-refractivity contribution is -0.138. The maximum atomic E-state index is 12.4. The molecule has 24 heavy (non-hydrogen) atoms. The van der Waals surface area contributed by atoms with E-state index in [1.807, 2.05) is 12.1 Å². The van der Waals surface area contributed by atoms with Crippen LogP contribution in [0, 0.1) is 5.41 Å². The number of nitrogens with one attached hydrogen (secondary N) is 2. The zero-order valence-electron chi connectivity index (χ0n) is 14.3. The molecular formula is C19H25BrN2O2. The van der Waals surface area contributed by atoms with Crippen LogP contribution < -0.4 is 10.6 Å². The number of anilines is 1. The second-order valence-electron chi connectivity index (χ2n) is 6.70. The molecule has 1 aliphatic rings. The van der Waals surface area contributed by atoms with Crippen LogP contribution in [0.15, 0.2) is 40.4 Å². The number of carbonyl (C=O) groups is 2. The number of hydrogen-bond donors (Lipinski definition) is 2. The number of rotatable bonds is 6. The van der Waals surface area contributed by atoms with Gasteiger partial charge in [-0.3, -0.25) is 9.59 Å². The minimum Gasteiger partial charge on any atom is -0.355 e. The highest BCUT2D eigenvalue weighted by Gasteiger charge is 2.35. The van der Waals surface area contributed by atoms with Gasteiger partial charge in [0, 0.05) is 16.7 Å². The lowest BCUT2D eigenvalue weighted by Gasteiger charge is -2.23. The van der Waals surface area contributed by atoms with E-state index in [1.54, 1.807) is 26.0 Å². The van der Waals surface area contributed by atoms with Gasteiger partial charge in [-0.25, -0.2) is 0 Å². The lowest BCUT2D eigenvalue weighted by atomic mass is 9.90. The average molecular weight is 393 g/mol. The van der Waals surface area contributed by atoms with Crippen molar-refractivity contribution in [2.75, 3.05) is 11.9 Å². The Balaban J connectivity index is 1.85. The number of allylic oxidation sites excluding steroid dienone is 1. The van der Waals surface area contributed by atoms with Gasteiger partial charge in [-0.2, -0.15) is 0 Å². The van der Waals surface area contributed by atoms with Crippen LogP contribution in [0.5, 0.6) is 0 Å². The van der Waals surface area contributed by atoms with Gasteiger partial charge in [0.1, 0.15) is 5.41 Å². The van der Waals surface area contributed by atoms with E-state index in [9.17, 15) is 9.59 Å². The van der Waals surface area contributed by atoms with E-state index >= 15 is 0 Å². The molecule has 0 spiro atoms. The van der Waals surface area contributed by atoms with Crippen LogP contribution in [-0.2, 0) is 9.59 Å². The Bertz CT molecular complexity index is 621. The summed E-state index contributed by atoms with van der Waals surface area (Å²) >= 11 is 3.35. The molecule has 4 nitrogen and oxygen atoms in total. The van der Waals surface area contributed by atoms with Gasteiger partial charge < -0.3 is 10.6 Å². The Morgan fingerprint density at radius 2 is 1.83 bits per heavy atom. The van der Waals surface area contributed by atoms with E-state index in [0.717, 1.165) is 23.7 Å². The third kappa shape index (κ3) is 5.20. The summed E-state index contributed by atoms with van der Waals surface area (Å²) in [6.45, 7) is 3.88. The van der Waals surface area contributed by atoms with Gasteiger partial charge in [-0.15, -0.1) is 0 Å². The summed E-state index contributed by atoms with van der Waals surface area (Å²) in [5.74, 6) is -0.548. The molecule has 2 N–H and O–H groups in total. The molecule has 0 aliphatic heterocycles. The van der Waals surface area contributed by atoms with Crippen molar-refractivity contribution in [3.63, 3.8) is 0 Å². The van der Waals surface area contributed by atoms with Crippen molar-refractivity contribution in [1.29, 1.82) is 0 Å². The quantitative estimate of drug-likeness (QED) is 0.555. The molecule has 2 rings (SSSR count). The standard InChI is InChI=1S/C19H25BrN2O2/c1-19(2,18(24)22-16-10-8-15(20)9-11-16)17(23)21-13-12-14-6-4-3-5-7-14/h6,8-11H,3-5,7,12-13H2,1-2H3,(H,21,23)(H,22,24). The van der Waals surface area contributed by atoms with Crippen LogP contribution in [0.4, 0.5) is 5.69 Å². The molecule has 0 fully saturated rings. The smallest absolute Gasteiger partial charge is 0.239 e. The molecule has 2 amide bonds. The van der Waals surface area contributed by atoms with Crippen molar-refractivity contribution in [3.8, 4) is 0 Å². The highest BCUT2D eigenvalue weighted by atomic mass is 79.9. The molecule has 0 heterocycles.